The summed E-state index contributed by atoms with van der Waals surface area (Å²) in [4.78, 5) is 0. The minimum Gasteiger partial charge on any atom is -0.418 e. The average Bonchev–Trinajstić information content (AvgIpc) is 2.81. The Hall–Kier alpha value is 1.63. The minimum absolute atomic E-state index is 0.776. The molecule has 0 rings (SSSR count). The van der Waals surface area contributed by atoms with Gasteiger partial charge in [0.15, 0.2) is 66.5 Å². The molecule has 0 aromatic carbocycles. The molecule has 296 valence electrons. The van der Waals surface area contributed by atoms with Gasteiger partial charge in [-0.2, -0.15) is 0 Å². The van der Waals surface area contributed by atoms with Crippen molar-refractivity contribution >= 4 is 75.6 Å². The number of hydrogen-bond acceptors (Lipinski definition) is 8. The van der Waals surface area contributed by atoms with Gasteiger partial charge in [-0.05, 0) is 181 Å². The standard InChI is InChI=1S/C32H84O8Si9/c1-41(2,3)33-25-21-29-45(13,14)37-49(38-46(15,16)30-22-26-34-42(4,5)6,39-47(17,18)31-23-27-35-43(7,8)9)40-48(19,20)32-24-28-36-44(10,11)12/h21-32H2,1-20H3. The van der Waals surface area contributed by atoms with E-state index in [0.29, 0.717) is 0 Å². The van der Waals surface area contributed by atoms with Crippen LogP contribution in [-0.2, 0) is 34.2 Å². The number of hydrogen-bond donors (Lipinski definition) is 0. The molecule has 0 aliphatic heterocycles. The lowest BCUT2D eigenvalue weighted by Crippen LogP contribution is -2.66. The molecule has 8 nitrogen and oxygen atoms in total. The van der Waals surface area contributed by atoms with Crippen LogP contribution < -0.4 is 0 Å². The summed E-state index contributed by atoms with van der Waals surface area (Å²) >= 11 is 0. The first kappa shape index (κ1) is 50.6. The zero-order valence-electron chi connectivity index (χ0n) is 36.3. The Labute approximate surface area is 315 Å². The topological polar surface area (TPSA) is 73.8 Å². The molecule has 0 spiro atoms. The lowest BCUT2D eigenvalue weighted by molar-refractivity contribution is 0.143. The minimum atomic E-state index is -3.61. The van der Waals surface area contributed by atoms with Crippen molar-refractivity contribution in [3.8, 4) is 0 Å². The Bertz CT molecular complexity index is 776. The first-order valence-electron chi connectivity index (χ1n) is 19.0. The van der Waals surface area contributed by atoms with E-state index in [-0.39, 0.29) is 0 Å². The molecular formula is C32H84O8Si9. The van der Waals surface area contributed by atoms with Gasteiger partial charge in [-0.1, -0.05) is 0 Å². The summed E-state index contributed by atoms with van der Waals surface area (Å²) in [6.45, 7) is 48.7. The quantitative estimate of drug-likeness (QED) is 0.0569. The lowest BCUT2D eigenvalue weighted by Gasteiger charge is -2.46. The molecule has 17 heteroatoms. The van der Waals surface area contributed by atoms with Crippen LogP contribution in [0.2, 0.25) is 155 Å². The lowest BCUT2D eigenvalue weighted by atomic mass is 10.5. The summed E-state index contributed by atoms with van der Waals surface area (Å²) in [6.07, 6.45) is 3.91. The second-order valence-corrected chi connectivity index (χ2v) is 58.6. The Balaban J connectivity index is 6.55. The van der Waals surface area contributed by atoms with Crippen LogP contribution in [0.15, 0.2) is 0 Å². The van der Waals surface area contributed by atoms with E-state index in [2.05, 4.69) is 131 Å². The van der Waals surface area contributed by atoms with Gasteiger partial charge in [0.1, 0.15) is 0 Å². The van der Waals surface area contributed by atoms with Crippen molar-refractivity contribution in [3.63, 3.8) is 0 Å². The maximum Gasteiger partial charge on any atom is 0.636 e. The second kappa shape index (κ2) is 20.5. The van der Waals surface area contributed by atoms with Crippen molar-refractivity contribution in [2.45, 2.75) is 181 Å². The SMILES string of the molecule is C[Si](C)(C)OCCC[Si](C)(C)O[Si](O[Si](C)(C)CCCO[Si](C)(C)C)(O[Si](C)(C)CCCO[Si](C)(C)C)O[Si](C)(C)CCCO[Si](C)(C)C. The highest BCUT2D eigenvalue weighted by molar-refractivity contribution is 6.92. The third-order valence-electron chi connectivity index (χ3n) is 7.44. The van der Waals surface area contributed by atoms with E-state index in [1.165, 1.54) is 0 Å². The summed E-state index contributed by atoms with van der Waals surface area (Å²) in [6, 6.07) is 3.91. The largest absolute Gasteiger partial charge is 0.636 e. The zero-order valence-corrected chi connectivity index (χ0v) is 45.3. The molecule has 49 heavy (non-hydrogen) atoms. The van der Waals surface area contributed by atoms with E-state index in [1.807, 2.05) is 0 Å². The van der Waals surface area contributed by atoms with Gasteiger partial charge >= 0.3 is 9.05 Å². The highest BCUT2D eigenvalue weighted by Crippen LogP contribution is 2.35. The third kappa shape index (κ3) is 29.6. The normalized spacial score (nSPS) is 14.9. The highest BCUT2D eigenvalue weighted by atomic mass is 28.5. The van der Waals surface area contributed by atoms with Crippen molar-refractivity contribution in [2.75, 3.05) is 26.4 Å². The molecule has 0 aromatic heterocycles. The highest BCUT2D eigenvalue weighted by Gasteiger charge is 2.58. The van der Waals surface area contributed by atoms with Gasteiger partial charge in [0, 0.05) is 26.4 Å². The van der Waals surface area contributed by atoms with Crippen molar-refractivity contribution in [2.24, 2.45) is 0 Å². The van der Waals surface area contributed by atoms with E-state index in [4.69, 9.17) is 34.2 Å². The molecular weight excluding hydrogens is 765 g/mol. The third-order valence-corrected chi connectivity index (χ3v) is 30.8. The molecule has 0 N–H and O–H groups in total. The fourth-order valence-electron chi connectivity index (χ4n) is 5.19. The van der Waals surface area contributed by atoms with Crippen LogP contribution in [0.1, 0.15) is 25.7 Å². The second-order valence-electron chi connectivity index (χ2n) is 20.2. The van der Waals surface area contributed by atoms with Crippen molar-refractivity contribution in [3.05, 3.63) is 0 Å². The van der Waals surface area contributed by atoms with Gasteiger partial charge in [-0.25, -0.2) is 0 Å². The monoisotopic (exact) mass is 848 g/mol. The Morgan fingerprint density at radius 2 is 0.429 bits per heavy atom. The van der Waals surface area contributed by atoms with Crippen LogP contribution >= 0.6 is 0 Å². The molecule has 0 radical (unpaired) electrons. The van der Waals surface area contributed by atoms with Crippen LogP contribution in [0.5, 0.6) is 0 Å². The van der Waals surface area contributed by atoms with Crippen LogP contribution in [0.4, 0.5) is 0 Å². The predicted octanol–water partition coefficient (Wildman–Crippen LogP) is 11.3. The Morgan fingerprint density at radius 3 is 0.571 bits per heavy atom. The van der Waals surface area contributed by atoms with Crippen molar-refractivity contribution < 1.29 is 34.2 Å². The maximum atomic E-state index is 7.44. The van der Waals surface area contributed by atoms with Crippen molar-refractivity contribution in [1.82, 2.24) is 0 Å². The first-order valence-corrected chi connectivity index (χ1v) is 46.7. The zero-order chi connectivity index (χ0) is 38.6. The molecule has 0 fully saturated rings. The van der Waals surface area contributed by atoms with E-state index in [1.54, 1.807) is 0 Å². The van der Waals surface area contributed by atoms with Gasteiger partial charge in [0.05, 0.1) is 0 Å². The molecule has 0 aliphatic rings. The fraction of sp³-hybridized carbons (Fsp3) is 1.00. The molecule has 0 aliphatic carbocycles. The van der Waals surface area contributed by atoms with E-state index < -0.39 is 75.6 Å². The molecule has 0 unspecified atom stereocenters. The van der Waals surface area contributed by atoms with Gasteiger partial charge in [0.25, 0.3) is 0 Å². The smallest absolute Gasteiger partial charge is 0.418 e. The first-order chi connectivity index (χ1) is 21.7. The van der Waals surface area contributed by atoms with Crippen LogP contribution in [-0.4, -0.2) is 102 Å². The van der Waals surface area contributed by atoms with E-state index in [9.17, 15) is 0 Å². The van der Waals surface area contributed by atoms with Gasteiger partial charge in [0.2, 0.25) is 0 Å². The summed E-state index contributed by atoms with van der Waals surface area (Å²) in [5, 5.41) is 0. The predicted molar refractivity (Wildman–Crippen MR) is 235 cm³/mol. The van der Waals surface area contributed by atoms with E-state index >= 15 is 0 Å². The molecule has 0 amide bonds. The van der Waals surface area contributed by atoms with Gasteiger partial charge in [-0.3, -0.25) is 0 Å². The molecule has 0 atom stereocenters. The van der Waals surface area contributed by atoms with Gasteiger partial charge in [-0.15, -0.1) is 0 Å². The molecule has 0 bridgehead atoms. The van der Waals surface area contributed by atoms with Crippen LogP contribution in [0.3, 0.4) is 0 Å². The molecule has 0 aromatic rings. The van der Waals surface area contributed by atoms with Gasteiger partial charge < -0.3 is 34.2 Å². The summed E-state index contributed by atoms with van der Waals surface area (Å²) < 4.78 is 54.8. The molecule has 0 heterocycles. The Morgan fingerprint density at radius 1 is 0.265 bits per heavy atom. The van der Waals surface area contributed by atoms with E-state index in [0.717, 1.165) is 76.3 Å². The molecule has 0 saturated carbocycles. The summed E-state index contributed by atoms with van der Waals surface area (Å²) in [7, 11) is -19.1. The van der Waals surface area contributed by atoms with Crippen molar-refractivity contribution in [1.29, 1.82) is 0 Å². The molecule has 0 saturated heterocycles. The Kier molecular flexibility index (Phi) is 21.2. The summed E-state index contributed by atoms with van der Waals surface area (Å²) in [5.41, 5.74) is 0. The van der Waals surface area contributed by atoms with Crippen LogP contribution in [0, 0.1) is 0 Å². The average molecular weight is 850 g/mol. The number of rotatable bonds is 28. The summed E-state index contributed by atoms with van der Waals surface area (Å²) in [5.74, 6) is 0. The fourth-order valence-corrected chi connectivity index (χ4v) is 27.9. The van der Waals surface area contributed by atoms with Crippen LogP contribution in [0.25, 0.3) is 0 Å². The maximum absolute atomic E-state index is 7.44.